The summed E-state index contributed by atoms with van der Waals surface area (Å²) < 4.78 is 4.94. The SMILES string of the molecule is CC(=O)[C@@]1(N)[C@](O)(C(C)=O)[C@@](O)(Cl)[C@@](CO)(C(C)=O)O[C@@]1(O)C(C)=O. The second-order valence-electron chi connectivity index (χ2n) is 6.10. The summed E-state index contributed by atoms with van der Waals surface area (Å²) in [6, 6.07) is 0. The van der Waals surface area contributed by atoms with Gasteiger partial charge in [0, 0.05) is 6.92 Å². The van der Waals surface area contributed by atoms with Gasteiger partial charge in [0.05, 0.1) is 6.61 Å². The molecule has 0 aromatic heterocycles. The molecule has 142 valence electrons. The van der Waals surface area contributed by atoms with E-state index < -0.39 is 57.3 Å². The van der Waals surface area contributed by atoms with Crippen LogP contribution < -0.4 is 5.73 Å². The summed E-state index contributed by atoms with van der Waals surface area (Å²) in [4.78, 5) is 48.5. The molecular formula is C14H20ClNO9. The van der Waals surface area contributed by atoms with Crippen molar-refractivity contribution in [3.8, 4) is 0 Å². The maximum Gasteiger partial charge on any atom is 0.256 e. The lowest BCUT2D eigenvalue weighted by molar-refractivity contribution is -0.366. The number of ether oxygens (including phenoxy) is 1. The fourth-order valence-electron chi connectivity index (χ4n) is 3.11. The first-order chi connectivity index (χ1) is 11.0. The molecule has 5 atom stereocenters. The molecule has 25 heavy (non-hydrogen) atoms. The second kappa shape index (κ2) is 5.88. The monoisotopic (exact) mass is 381 g/mol. The Kier molecular flexibility index (Phi) is 5.12. The van der Waals surface area contributed by atoms with Crippen molar-refractivity contribution in [2.75, 3.05) is 6.61 Å². The van der Waals surface area contributed by atoms with E-state index in [9.17, 15) is 39.6 Å². The molecule has 11 heteroatoms. The average Bonchev–Trinajstić information content (AvgIpc) is 2.47. The topological polar surface area (TPSA) is 184 Å². The molecule has 0 amide bonds. The average molecular weight is 382 g/mol. The van der Waals surface area contributed by atoms with Crippen molar-refractivity contribution in [3.63, 3.8) is 0 Å². The first-order valence-electron chi connectivity index (χ1n) is 7.04. The summed E-state index contributed by atoms with van der Waals surface area (Å²) in [5.41, 5.74) is -4.16. The first kappa shape index (κ1) is 21.8. The van der Waals surface area contributed by atoms with Gasteiger partial charge in [-0.25, -0.2) is 0 Å². The van der Waals surface area contributed by atoms with Crippen LogP contribution in [-0.2, 0) is 23.9 Å². The quantitative estimate of drug-likeness (QED) is 0.310. The van der Waals surface area contributed by atoms with Crippen LogP contribution >= 0.6 is 11.6 Å². The van der Waals surface area contributed by atoms with Crippen molar-refractivity contribution in [2.24, 2.45) is 5.73 Å². The molecule has 0 saturated carbocycles. The Balaban J connectivity index is 4.16. The zero-order valence-corrected chi connectivity index (χ0v) is 14.7. The summed E-state index contributed by atoms with van der Waals surface area (Å²) in [5.74, 6) is -8.90. The molecule has 0 bridgehead atoms. The molecule has 0 unspecified atom stereocenters. The highest BCUT2D eigenvalue weighted by atomic mass is 35.5. The number of hydrogen-bond donors (Lipinski definition) is 5. The Morgan fingerprint density at radius 2 is 1.36 bits per heavy atom. The minimum atomic E-state index is -3.58. The number of hydrogen-bond acceptors (Lipinski definition) is 10. The maximum atomic E-state index is 12.2. The normalized spacial score (nSPS) is 44.2. The Morgan fingerprint density at radius 1 is 0.920 bits per heavy atom. The molecule has 1 rings (SSSR count). The number of Topliss-reactive ketones (excluding diaryl/α,β-unsaturated/α-hetero) is 4. The summed E-state index contributed by atoms with van der Waals surface area (Å²) in [6.45, 7) is 1.36. The van der Waals surface area contributed by atoms with Gasteiger partial charge in [0.25, 0.3) is 5.79 Å². The second-order valence-corrected chi connectivity index (χ2v) is 6.64. The van der Waals surface area contributed by atoms with E-state index in [0.717, 1.165) is 6.92 Å². The number of ketones is 4. The first-order valence-corrected chi connectivity index (χ1v) is 7.42. The molecule has 1 saturated heterocycles. The van der Waals surface area contributed by atoms with E-state index in [4.69, 9.17) is 22.1 Å². The molecule has 0 radical (unpaired) electrons. The predicted octanol–water partition coefficient (Wildman–Crippen LogP) is -2.85. The molecule has 0 aromatic rings. The van der Waals surface area contributed by atoms with E-state index in [1.807, 2.05) is 0 Å². The molecular weight excluding hydrogens is 362 g/mol. The molecule has 1 heterocycles. The fraction of sp³-hybridized carbons (Fsp3) is 0.714. The minimum absolute atomic E-state index is 0.659. The van der Waals surface area contributed by atoms with Gasteiger partial charge in [0.15, 0.2) is 39.9 Å². The van der Waals surface area contributed by atoms with Crippen molar-refractivity contribution in [3.05, 3.63) is 0 Å². The van der Waals surface area contributed by atoms with Gasteiger partial charge in [-0.05, 0) is 20.8 Å². The number of halogens is 1. The Morgan fingerprint density at radius 3 is 1.60 bits per heavy atom. The van der Waals surface area contributed by atoms with Crippen LogP contribution in [0.25, 0.3) is 0 Å². The molecule has 0 aliphatic carbocycles. The number of nitrogens with two attached hydrogens (primary N) is 1. The zero-order valence-electron chi connectivity index (χ0n) is 14.0. The van der Waals surface area contributed by atoms with Gasteiger partial charge in [-0.1, -0.05) is 11.6 Å². The van der Waals surface area contributed by atoms with Crippen molar-refractivity contribution in [1.82, 2.24) is 0 Å². The Labute approximate surface area is 147 Å². The van der Waals surface area contributed by atoms with Crippen LogP contribution in [-0.4, -0.2) is 77.8 Å². The van der Waals surface area contributed by atoms with Crippen LogP contribution in [0.2, 0.25) is 0 Å². The number of carbonyl (C=O) groups is 4. The molecule has 1 aliphatic rings. The van der Waals surface area contributed by atoms with E-state index >= 15 is 0 Å². The van der Waals surface area contributed by atoms with Crippen molar-refractivity contribution in [2.45, 2.75) is 55.3 Å². The van der Waals surface area contributed by atoms with Crippen LogP contribution in [0, 0.1) is 0 Å². The third kappa shape index (κ3) is 2.13. The Bertz CT molecular complexity index is 665. The van der Waals surface area contributed by atoms with Crippen LogP contribution in [0.15, 0.2) is 0 Å². The van der Waals surface area contributed by atoms with Gasteiger partial charge >= 0.3 is 0 Å². The maximum absolute atomic E-state index is 12.2. The van der Waals surface area contributed by atoms with Crippen molar-refractivity contribution in [1.29, 1.82) is 0 Å². The molecule has 6 N–H and O–H groups in total. The molecule has 0 spiro atoms. The van der Waals surface area contributed by atoms with Crippen LogP contribution in [0.4, 0.5) is 0 Å². The van der Waals surface area contributed by atoms with E-state index in [1.165, 1.54) is 0 Å². The lowest BCUT2D eigenvalue weighted by Gasteiger charge is -2.62. The van der Waals surface area contributed by atoms with Gasteiger partial charge in [0.1, 0.15) is 0 Å². The summed E-state index contributed by atoms with van der Waals surface area (Å²) in [7, 11) is 0. The van der Waals surface area contributed by atoms with Crippen LogP contribution in [0.3, 0.4) is 0 Å². The zero-order chi connectivity index (χ0) is 20.2. The smallest absolute Gasteiger partial charge is 0.256 e. The minimum Gasteiger partial charge on any atom is -0.393 e. The summed E-state index contributed by atoms with van der Waals surface area (Å²) >= 11 is 5.88. The number of rotatable bonds is 5. The van der Waals surface area contributed by atoms with E-state index in [2.05, 4.69) is 0 Å². The van der Waals surface area contributed by atoms with Gasteiger partial charge in [-0.2, -0.15) is 0 Å². The Hall–Kier alpha value is -1.27. The van der Waals surface area contributed by atoms with Crippen molar-refractivity contribution < 1.29 is 44.3 Å². The van der Waals surface area contributed by atoms with Gasteiger partial charge < -0.3 is 30.9 Å². The highest BCUT2D eigenvalue weighted by molar-refractivity contribution is 6.30. The fourth-order valence-corrected chi connectivity index (χ4v) is 3.62. The molecule has 10 nitrogen and oxygen atoms in total. The largest absolute Gasteiger partial charge is 0.393 e. The highest BCUT2D eigenvalue weighted by Gasteiger charge is 2.86. The van der Waals surface area contributed by atoms with Gasteiger partial charge in [0.2, 0.25) is 5.06 Å². The van der Waals surface area contributed by atoms with Crippen LogP contribution in [0.1, 0.15) is 27.7 Å². The number of alkyl halides is 1. The lowest BCUT2D eigenvalue weighted by Crippen LogP contribution is -2.94. The molecule has 0 aromatic carbocycles. The predicted molar refractivity (Wildman–Crippen MR) is 81.2 cm³/mol. The highest BCUT2D eigenvalue weighted by Crippen LogP contribution is 2.55. The van der Waals surface area contributed by atoms with Gasteiger partial charge in [-0.3, -0.25) is 19.2 Å². The molecule has 1 aliphatic heterocycles. The number of carbonyl (C=O) groups excluding carboxylic acids is 4. The van der Waals surface area contributed by atoms with Gasteiger partial charge in [-0.15, -0.1) is 0 Å². The third-order valence-electron chi connectivity index (χ3n) is 4.78. The third-order valence-corrected chi connectivity index (χ3v) is 5.35. The number of aliphatic hydroxyl groups is 4. The summed E-state index contributed by atoms with van der Waals surface area (Å²) in [6.07, 6.45) is 0. The van der Waals surface area contributed by atoms with Crippen molar-refractivity contribution >= 4 is 34.7 Å². The number of aliphatic hydroxyl groups excluding tert-OH is 1. The molecule has 1 fully saturated rings. The van der Waals surface area contributed by atoms with Crippen LogP contribution in [0.5, 0.6) is 0 Å². The van der Waals surface area contributed by atoms with E-state index in [1.54, 1.807) is 0 Å². The standard InChI is InChI=1S/C14H20ClNO9/c1-6(18)10(5-17)14(15,24)12(22,8(3)20)11(16,7(2)19)13(23,25-10)9(4)21/h17,22-24H,5,16H2,1-4H3/t10-,11-,12-,13+,14-/m1/s1. The van der Waals surface area contributed by atoms with E-state index in [0.29, 0.717) is 20.8 Å². The van der Waals surface area contributed by atoms with E-state index in [-0.39, 0.29) is 0 Å². The summed E-state index contributed by atoms with van der Waals surface area (Å²) in [5, 5.41) is 38.4. The lowest BCUT2D eigenvalue weighted by atomic mass is 9.59.